The number of carbonyl (C=O) groups is 1. The van der Waals surface area contributed by atoms with Crippen LogP contribution in [0.15, 0.2) is 23.1 Å². The van der Waals surface area contributed by atoms with Gasteiger partial charge in [0.15, 0.2) is 0 Å². The highest BCUT2D eigenvalue weighted by Crippen LogP contribution is 2.33. The lowest BCUT2D eigenvalue weighted by Gasteiger charge is -2.31. The van der Waals surface area contributed by atoms with Gasteiger partial charge in [0.1, 0.15) is 0 Å². The molecular formula is C22H33N3O3S. The van der Waals surface area contributed by atoms with E-state index in [2.05, 4.69) is 10.2 Å². The number of amides is 1. The van der Waals surface area contributed by atoms with Gasteiger partial charge < -0.3 is 10.2 Å². The van der Waals surface area contributed by atoms with Crippen LogP contribution in [0.1, 0.15) is 68.6 Å². The predicted octanol–water partition coefficient (Wildman–Crippen LogP) is 3.38. The van der Waals surface area contributed by atoms with Gasteiger partial charge in [0.2, 0.25) is 10.0 Å². The minimum absolute atomic E-state index is 0.124. The van der Waals surface area contributed by atoms with Gasteiger partial charge in [-0.3, -0.25) is 4.79 Å². The predicted molar refractivity (Wildman–Crippen MR) is 115 cm³/mol. The Morgan fingerprint density at radius 2 is 1.62 bits per heavy atom. The molecule has 1 atom stereocenters. The Kier molecular flexibility index (Phi) is 6.16. The number of anilines is 1. The quantitative estimate of drug-likeness (QED) is 0.767. The molecule has 2 aliphatic heterocycles. The van der Waals surface area contributed by atoms with Crippen LogP contribution < -0.4 is 10.2 Å². The Morgan fingerprint density at radius 3 is 2.24 bits per heavy atom. The number of carbonyl (C=O) groups excluding carboxylic acids is 1. The first-order valence-corrected chi connectivity index (χ1v) is 12.6. The highest BCUT2D eigenvalue weighted by molar-refractivity contribution is 7.89. The molecule has 6 nitrogen and oxygen atoms in total. The summed E-state index contributed by atoms with van der Waals surface area (Å²) in [5, 5.41) is 3.12. The number of hydrogen-bond acceptors (Lipinski definition) is 4. The average Bonchev–Trinajstić information content (AvgIpc) is 3.60. The summed E-state index contributed by atoms with van der Waals surface area (Å²) in [6.45, 7) is 5.00. The van der Waals surface area contributed by atoms with Crippen LogP contribution in [0.2, 0.25) is 0 Å². The van der Waals surface area contributed by atoms with Crippen molar-refractivity contribution in [1.29, 1.82) is 0 Å². The third-order valence-corrected chi connectivity index (χ3v) is 8.44. The van der Waals surface area contributed by atoms with Crippen LogP contribution >= 0.6 is 0 Å². The summed E-state index contributed by atoms with van der Waals surface area (Å²) >= 11 is 0. The largest absolute Gasteiger partial charge is 0.371 e. The van der Waals surface area contributed by atoms with E-state index < -0.39 is 10.0 Å². The van der Waals surface area contributed by atoms with Gasteiger partial charge in [0.25, 0.3) is 5.91 Å². The van der Waals surface area contributed by atoms with Crippen molar-refractivity contribution in [3.8, 4) is 0 Å². The van der Waals surface area contributed by atoms with Crippen molar-refractivity contribution in [2.75, 3.05) is 31.1 Å². The highest BCUT2D eigenvalue weighted by Gasteiger charge is 2.31. The van der Waals surface area contributed by atoms with Crippen molar-refractivity contribution in [3.63, 3.8) is 0 Å². The Hall–Kier alpha value is -1.60. The Bertz CT molecular complexity index is 839. The maximum atomic E-state index is 13.2. The lowest BCUT2D eigenvalue weighted by Crippen LogP contribution is -2.38. The van der Waals surface area contributed by atoms with Gasteiger partial charge in [-0.15, -0.1) is 0 Å². The molecule has 1 saturated carbocycles. The number of nitrogens with one attached hydrogen (secondary N) is 1. The standard InChI is InChI=1S/C22H33N3O3S/c1-17(18-8-9-18)23-22(26)20-16-19(29(27,28)25-14-6-3-7-15-25)10-11-21(20)24-12-4-2-5-13-24/h10-11,16-18H,2-9,12-15H2,1H3,(H,23,26). The molecule has 160 valence electrons. The number of piperidine rings is 2. The number of rotatable bonds is 6. The second kappa shape index (κ2) is 8.64. The molecular weight excluding hydrogens is 386 g/mol. The molecule has 3 fully saturated rings. The van der Waals surface area contributed by atoms with E-state index in [0.717, 1.165) is 63.7 Å². The van der Waals surface area contributed by atoms with E-state index in [0.29, 0.717) is 24.6 Å². The van der Waals surface area contributed by atoms with E-state index in [1.807, 2.05) is 13.0 Å². The van der Waals surface area contributed by atoms with Gasteiger partial charge in [-0.2, -0.15) is 4.31 Å². The SMILES string of the molecule is CC(NC(=O)c1cc(S(=O)(=O)N2CCCCC2)ccc1N1CCCCC1)C1CC1. The smallest absolute Gasteiger partial charge is 0.253 e. The fraction of sp³-hybridized carbons (Fsp3) is 0.682. The van der Waals surface area contributed by atoms with E-state index in [1.54, 1.807) is 16.4 Å². The second-order valence-corrected chi connectivity index (χ2v) is 10.7. The molecule has 1 aromatic carbocycles. The summed E-state index contributed by atoms with van der Waals surface area (Å²) in [6.07, 6.45) is 8.60. The highest BCUT2D eigenvalue weighted by atomic mass is 32.2. The summed E-state index contributed by atoms with van der Waals surface area (Å²) in [7, 11) is -3.56. The molecule has 1 aliphatic carbocycles. The van der Waals surface area contributed by atoms with E-state index >= 15 is 0 Å². The third-order valence-electron chi connectivity index (χ3n) is 6.55. The van der Waals surface area contributed by atoms with E-state index in [1.165, 1.54) is 6.42 Å². The molecule has 0 aromatic heterocycles. The third kappa shape index (κ3) is 4.61. The van der Waals surface area contributed by atoms with Gasteiger partial charge in [0.05, 0.1) is 10.5 Å². The number of hydrogen-bond donors (Lipinski definition) is 1. The first kappa shape index (κ1) is 20.7. The fourth-order valence-corrected chi connectivity index (χ4v) is 6.06. The van der Waals surface area contributed by atoms with Crippen LogP contribution in [-0.4, -0.2) is 50.9 Å². The van der Waals surface area contributed by atoms with Gasteiger partial charge in [-0.05, 0) is 76.0 Å². The molecule has 1 amide bonds. The van der Waals surface area contributed by atoms with Gasteiger partial charge in [0, 0.05) is 37.9 Å². The number of sulfonamides is 1. The van der Waals surface area contributed by atoms with Crippen LogP contribution in [0.4, 0.5) is 5.69 Å². The van der Waals surface area contributed by atoms with Gasteiger partial charge in [-0.1, -0.05) is 6.42 Å². The summed E-state index contributed by atoms with van der Waals surface area (Å²) in [5.74, 6) is 0.401. The average molecular weight is 420 g/mol. The molecule has 3 aliphatic rings. The first-order chi connectivity index (χ1) is 14.0. The maximum Gasteiger partial charge on any atom is 0.253 e. The van der Waals surface area contributed by atoms with Gasteiger partial charge >= 0.3 is 0 Å². The second-order valence-electron chi connectivity index (χ2n) is 8.79. The summed E-state index contributed by atoms with van der Waals surface area (Å²) < 4.78 is 27.9. The Balaban J connectivity index is 1.65. The van der Waals surface area contributed by atoms with Crippen LogP contribution in [-0.2, 0) is 10.0 Å². The summed E-state index contributed by atoms with van der Waals surface area (Å²) in [5.41, 5.74) is 1.36. The van der Waals surface area contributed by atoms with E-state index in [9.17, 15) is 13.2 Å². The van der Waals surface area contributed by atoms with Crippen molar-refractivity contribution in [2.24, 2.45) is 5.92 Å². The zero-order chi connectivity index (χ0) is 20.4. The molecule has 2 heterocycles. The zero-order valence-electron chi connectivity index (χ0n) is 17.4. The minimum Gasteiger partial charge on any atom is -0.371 e. The molecule has 7 heteroatoms. The first-order valence-electron chi connectivity index (χ1n) is 11.2. The molecule has 0 spiro atoms. The van der Waals surface area contributed by atoms with Crippen LogP contribution in [0.25, 0.3) is 0 Å². The van der Waals surface area contributed by atoms with Crippen molar-refractivity contribution in [2.45, 2.75) is 69.2 Å². The van der Waals surface area contributed by atoms with Crippen LogP contribution in [0, 0.1) is 5.92 Å². The number of nitrogens with zero attached hydrogens (tertiary/aromatic N) is 2. The maximum absolute atomic E-state index is 13.2. The van der Waals surface area contributed by atoms with Gasteiger partial charge in [-0.25, -0.2) is 8.42 Å². The molecule has 1 unspecified atom stereocenters. The molecule has 1 N–H and O–H groups in total. The monoisotopic (exact) mass is 419 g/mol. The van der Waals surface area contributed by atoms with Crippen LogP contribution in [0.3, 0.4) is 0 Å². The topological polar surface area (TPSA) is 69.7 Å². The van der Waals surface area contributed by atoms with Crippen molar-refractivity contribution < 1.29 is 13.2 Å². The molecule has 4 rings (SSSR count). The van der Waals surface area contributed by atoms with Crippen LogP contribution in [0.5, 0.6) is 0 Å². The summed E-state index contributed by atoms with van der Waals surface area (Å²) in [6, 6.07) is 5.27. The molecule has 2 saturated heterocycles. The lowest BCUT2D eigenvalue weighted by molar-refractivity contribution is 0.0936. The minimum atomic E-state index is -3.56. The molecule has 0 bridgehead atoms. The Morgan fingerprint density at radius 1 is 1.00 bits per heavy atom. The van der Waals surface area contributed by atoms with Crippen molar-refractivity contribution >= 4 is 21.6 Å². The lowest BCUT2D eigenvalue weighted by atomic mass is 10.1. The number of benzene rings is 1. The molecule has 29 heavy (non-hydrogen) atoms. The van der Waals surface area contributed by atoms with E-state index in [-0.39, 0.29) is 16.8 Å². The summed E-state index contributed by atoms with van der Waals surface area (Å²) in [4.78, 5) is 15.6. The zero-order valence-corrected chi connectivity index (χ0v) is 18.2. The molecule has 1 aromatic rings. The van der Waals surface area contributed by atoms with Crippen molar-refractivity contribution in [3.05, 3.63) is 23.8 Å². The normalized spacial score (nSPS) is 22.3. The van der Waals surface area contributed by atoms with Crippen molar-refractivity contribution in [1.82, 2.24) is 9.62 Å². The fourth-order valence-electron chi connectivity index (χ4n) is 4.52. The van der Waals surface area contributed by atoms with E-state index in [4.69, 9.17) is 0 Å². The Labute approximate surface area is 174 Å². The molecule has 0 radical (unpaired) electrons.